The van der Waals surface area contributed by atoms with E-state index >= 15 is 9.59 Å². The summed E-state index contributed by atoms with van der Waals surface area (Å²) >= 11 is 0. The number of para-hydroxylation sites is 1. The summed E-state index contributed by atoms with van der Waals surface area (Å²) in [5, 5.41) is 73.9. The molecular formula is C63H83N13O18S2. The number of carboxylic acid groups (broad SMARTS) is 3. The fraction of sp³-hybridized carbons (Fsp3) is 0.476. The number of H-pyrrole nitrogens is 1. The Morgan fingerprint density at radius 1 is 0.656 bits per heavy atom. The summed E-state index contributed by atoms with van der Waals surface area (Å²) in [6.07, 6.45) is -2.43. The van der Waals surface area contributed by atoms with Gasteiger partial charge < -0.3 is 94.7 Å². The molecule has 0 radical (unpaired) electrons. The summed E-state index contributed by atoms with van der Waals surface area (Å²) in [4.78, 5) is 185. The van der Waals surface area contributed by atoms with Crippen LogP contribution < -0.4 is 59.3 Å². The van der Waals surface area contributed by atoms with Crippen molar-refractivity contribution in [1.29, 1.82) is 0 Å². The molecule has 1 aromatic heterocycles. The van der Waals surface area contributed by atoms with E-state index in [9.17, 15) is 73.2 Å². The number of fused-ring (bicyclic) bond motifs is 1. The second-order valence-corrected chi connectivity index (χ2v) is 26.2. The minimum atomic E-state index is -2.00. The molecule has 10 amide bonds. The molecule has 4 unspecified atom stereocenters. The van der Waals surface area contributed by atoms with Crippen LogP contribution in [0.25, 0.3) is 10.9 Å². The number of benzene rings is 3. The fourth-order valence-corrected chi connectivity index (χ4v) is 13.0. The Bertz CT molecular complexity index is 3430. The van der Waals surface area contributed by atoms with Crippen molar-refractivity contribution in [3.63, 3.8) is 0 Å². The second kappa shape index (κ2) is 36.5. The number of aromatic amines is 1. The van der Waals surface area contributed by atoms with Crippen LogP contribution in [-0.2, 0) is 81.6 Å². The highest BCUT2D eigenvalue weighted by atomic mass is 33.1. The van der Waals surface area contributed by atoms with E-state index in [0.717, 1.165) is 26.5 Å². The van der Waals surface area contributed by atoms with Crippen LogP contribution >= 0.6 is 21.6 Å². The number of nitrogens with zero attached hydrogens (tertiary/aromatic N) is 1. The van der Waals surface area contributed by atoms with E-state index in [1.165, 1.54) is 45.0 Å². The summed E-state index contributed by atoms with van der Waals surface area (Å²) in [5.41, 5.74) is 13.9. The highest BCUT2D eigenvalue weighted by molar-refractivity contribution is 8.76. The number of carbonyl (C=O) groups is 13. The number of nitrogens with two attached hydrogens (primary N) is 2. The topological polar surface area (TPSA) is 502 Å². The summed E-state index contributed by atoms with van der Waals surface area (Å²) in [6, 6.07) is 3.54. The molecule has 2 aliphatic rings. The predicted molar refractivity (Wildman–Crippen MR) is 351 cm³/mol. The SMILES string of the molecule is CC(C)[C@@H](NC(=O)C1CSSCC(NC(=O)[C@@H](CC(=O)O)NC(=O)[C@H]2CCCN2C(=O)[C@@H](NC(=O)[C@@H](N)CCC(=O)O)[C@@H](C)O)C(=O)N[C@@H](Cc2ccccc2)C(=O)NC(Cc2c[nH]c3ccccc23)C(=O)N[C@H](CCCN)C(=O)NC(Cc2ccc(O)cc2)C(=O)N1)C(=O)O. The van der Waals surface area contributed by atoms with E-state index in [4.69, 9.17) is 16.6 Å². The summed E-state index contributed by atoms with van der Waals surface area (Å²) < 4.78 is 0. The Hall–Kier alpha value is -9.31. The second-order valence-electron chi connectivity index (χ2n) is 23.7. The molecule has 2 fully saturated rings. The van der Waals surface area contributed by atoms with Gasteiger partial charge in [-0.3, -0.25) is 57.5 Å². The zero-order valence-corrected chi connectivity index (χ0v) is 54.6. The summed E-state index contributed by atoms with van der Waals surface area (Å²) in [5.74, 6) is -16.1. The predicted octanol–water partition coefficient (Wildman–Crippen LogP) is -1.82. The Morgan fingerprint density at radius 3 is 1.85 bits per heavy atom. The van der Waals surface area contributed by atoms with Crippen LogP contribution in [0.4, 0.5) is 0 Å². The van der Waals surface area contributed by atoms with Gasteiger partial charge in [0.1, 0.15) is 66.2 Å². The van der Waals surface area contributed by atoms with E-state index in [-0.39, 0.29) is 70.2 Å². The summed E-state index contributed by atoms with van der Waals surface area (Å²) in [6.45, 7) is 4.15. The smallest absolute Gasteiger partial charge is 0.326 e. The van der Waals surface area contributed by atoms with Crippen molar-refractivity contribution >= 4 is 109 Å². The summed E-state index contributed by atoms with van der Waals surface area (Å²) in [7, 11) is 1.65. The Kier molecular flexibility index (Phi) is 28.8. The number of rotatable bonds is 26. The van der Waals surface area contributed by atoms with Gasteiger partial charge in [0, 0.05) is 60.8 Å². The van der Waals surface area contributed by atoms with Crippen LogP contribution in [0.15, 0.2) is 85.1 Å². The number of aliphatic hydroxyl groups is 1. The normalized spacial score (nSPS) is 21.7. The zero-order valence-electron chi connectivity index (χ0n) is 52.9. The number of carboxylic acids is 3. The number of aliphatic carboxylic acids is 3. The molecule has 31 nitrogen and oxygen atoms in total. The molecule has 12 atom stereocenters. The van der Waals surface area contributed by atoms with Crippen LogP contribution in [0.1, 0.15) is 82.4 Å². The molecule has 0 spiro atoms. The van der Waals surface area contributed by atoms with Crippen LogP contribution in [-0.4, -0.2) is 210 Å². The van der Waals surface area contributed by atoms with Crippen molar-refractivity contribution in [2.24, 2.45) is 17.4 Å². The lowest BCUT2D eigenvalue weighted by Gasteiger charge is -2.31. The molecule has 520 valence electrons. The van der Waals surface area contributed by atoms with Gasteiger partial charge in [-0.25, -0.2) is 4.79 Å². The molecule has 19 N–H and O–H groups in total. The van der Waals surface area contributed by atoms with E-state index < -0.39 is 180 Å². The highest BCUT2D eigenvalue weighted by Gasteiger charge is 2.42. The maximum Gasteiger partial charge on any atom is 0.326 e. The van der Waals surface area contributed by atoms with Crippen molar-refractivity contribution < 1.29 is 87.9 Å². The maximum absolute atomic E-state index is 15.1. The minimum absolute atomic E-state index is 0.0402. The van der Waals surface area contributed by atoms with Crippen molar-refractivity contribution in [3.05, 3.63) is 102 Å². The first kappa shape index (κ1) is 75.7. The van der Waals surface area contributed by atoms with Gasteiger partial charge in [-0.2, -0.15) is 0 Å². The zero-order chi connectivity index (χ0) is 70.3. The number of aromatic hydroxyl groups is 1. The van der Waals surface area contributed by atoms with Gasteiger partial charge in [-0.15, -0.1) is 0 Å². The largest absolute Gasteiger partial charge is 0.508 e. The van der Waals surface area contributed by atoms with E-state index in [1.54, 1.807) is 60.8 Å². The standard InChI is InChI=1S/C63H83N13O18S2/c1-32(2)51(63(93)94)74-60(90)47-31-96-95-30-46(72-58(88)45(28-50(81)82)71-61(91)48-16-10-24-76(48)62(92)52(33(3)77)75-53(83)39(65)21-22-49(79)80)59(89)69-42(25-34-11-5-4-6-12-34)55(85)70-44(27-36-29-66-40-14-8-7-13-38(36)40)57(87)67-41(15-9-23-64)54(84)68-43(56(86)73-47)26-35-17-19-37(78)20-18-35/h4-8,11-14,17-20,29,32-33,39,41-48,51-52,66,77-78H,9-10,15-16,21-28,30-31,64-65H2,1-3H3,(H,67,87)(H,68,84)(H,69,89)(H,70,85)(H,71,91)(H,72,88)(H,73,86)(H,74,90)(H,75,83)(H,79,80)(H,81,82)(H,93,94)/t33-,39+,41-,42+,43?,44?,45-,46?,47?,48-,51-,52+/m1/s1. The molecule has 0 saturated carbocycles. The number of nitrogens with one attached hydrogen (secondary N) is 10. The average Bonchev–Trinajstić information content (AvgIpc) is 1.62. The molecule has 3 aromatic carbocycles. The third-order valence-electron chi connectivity index (χ3n) is 15.9. The monoisotopic (exact) mass is 1370 g/mol. The number of amides is 10. The third kappa shape index (κ3) is 22.4. The van der Waals surface area contributed by atoms with Gasteiger partial charge in [0.15, 0.2) is 0 Å². The number of aromatic nitrogens is 1. The molecule has 2 aliphatic heterocycles. The number of aliphatic hydroxyl groups excluding tert-OH is 1. The molecule has 96 heavy (non-hydrogen) atoms. The number of phenols is 1. The molecule has 33 heteroatoms. The van der Waals surface area contributed by atoms with Crippen molar-refractivity contribution in [2.45, 2.75) is 158 Å². The quantitative estimate of drug-likeness (QED) is 0.0308. The lowest BCUT2D eigenvalue weighted by Crippen LogP contribution is -2.62. The van der Waals surface area contributed by atoms with Gasteiger partial charge in [-0.05, 0) is 86.4 Å². The van der Waals surface area contributed by atoms with Gasteiger partial charge in [0.25, 0.3) is 0 Å². The number of hydrogen-bond acceptors (Lipinski definition) is 19. The van der Waals surface area contributed by atoms with Crippen molar-refractivity contribution in [3.8, 4) is 5.75 Å². The van der Waals surface area contributed by atoms with Gasteiger partial charge >= 0.3 is 17.9 Å². The van der Waals surface area contributed by atoms with E-state index in [0.29, 0.717) is 27.6 Å². The Balaban J connectivity index is 1.40. The van der Waals surface area contributed by atoms with Crippen molar-refractivity contribution in [2.75, 3.05) is 24.6 Å². The Morgan fingerprint density at radius 2 is 1.24 bits per heavy atom. The molecule has 0 bridgehead atoms. The third-order valence-corrected chi connectivity index (χ3v) is 18.4. The first-order valence-electron chi connectivity index (χ1n) is 31.1. The van der Waals surface area contributed by atoms with E-state index in [2.05, 4.69) is 52.8 Å². The highest BCUT2D eigenvalue weighted by Crippen LogP contribution is 2.26. The molecule has 6 rings (SSSR count). The molecule has 0 aliphatic carbocycles. The van der Waals surface area contributed by atoms with Gasteiger partial charge in [-0.1, -0.05) is 96.1 Å². The Labute approximate surface area is 559 Å². The molecule has 2 saturated heterocycles. The molecule has 4 aromatic rings. The van der Waals surface area contributed by atoms with Crippen LogP contribution in [0.5, 0.6) is 5.75 Å². The lowest BCUT2D eigenvalue weighted by molar-refractivity contribution is -0.145. The van der Waals surface area contributed by atoms with Crippen LogP contribution in [0, 0.1) is 5.92 Å². The number of likely N-dealkylation sites (tertiary alicyclic amines) is 1. The first-order chi connectivity index (χ1) is 45.6. The van der Waals surface area contributed by atoms with E-state index in [1.807, 2.05) is 0 Å². The minimum Gasteiger partial charge on any atom is -0.508 e. The fourth-order valence-electron chi connectivity index (χ4n) is 10.6. The van der Waals surface area contributed by atoms with Crippen LogP contribution in [0.3, 0.4) is 0 Å². The molecule has 3 heterocycles. The first-order valence-corrected chi connectivity index (χ1v) is 33.6. The number of carbonyl (C=O) groups excluding carboxylic acids is 10. The number of hydrogen-bond donors (Lipinski definition) is 17. The van der Waals surface area contributed by atoms with Gasteiger partial charge in [0.2, 0.25) is 59.1 Å². The number of phenolic OH excluding ortho intramolecular Hbond substituents is 1. The van der Waals surface area contributed by atoms with Crippen LogP contribution in [0.2, 0.25) is 0 Å². The molecular weight excluding hydrogens is 1290 g/mol. The lowest BCUT2D eigenvalue weighted by atomic mass is 10.0. The maximum atomic E-state index is 15.1. The average molecular weight is 1370 g/mol. The van der Waals surface area contributed by atoms with Crippen molar-refractivity contribution in [1.82, 2.24) is 57.7 Å². The van der Waals surface area contributed by atoms with Gasteiger partial charge in [0.05, 0.1) is 18.6 Å².